The first-order valence-corrected chi connectivity index (χ1v) is 8.71. The Hall–Kier alpha value is -0.890. The van der Waals surface area contributed by atoms with Gasteiger partial charge in [-0.2, -0.15) is 0 Å². The lowest BCUT2D eigenvalue weighted by Crippen LogP contribution is -2.53. The summed E-state index contributed by atoms with van der Waals surface area (Å²) in [7, 11) is 0. The van der Waals surface area contributed by atoms with Gasteiger partial charge in [0.15, 0.2) is 0 Å². The van der Waals surface area contributed by atoms with Crippen molar-refractivity contribution >= 4 is 5.78 Å². The van der Waals surface area contributed by atoms with Gasteiger partial charge in [0.25, 0.3) is 0 Å². The molecular weight excluding hydrogens is 272 g/mol. The molecule has 0 heterocycles. The fourth-order valence-corrected chi connectivity index (χ4v) is 5.78. The lowest BCUT2D eigenvalue weighted by Gasteiger charge is -2.57. The van der Waals surface area contributed by atoms with E-state index in [0.29, 0.717) is 18.1 Å². The number of fused-ring (bicyclic) bond motifs is 2. The van der Waals surface area contributed by atoms with E-state index < -0.39 is 0 Å². The van der Waals surface area contributed by atoms with Gasteiger partial charge >= 0.3 is 0 Å². The van der Waals surface area contributed by atoms with E-state index in [9.17, 15) is 9.90 Å². The number of aliphatic hydroxyl groups is 1. The molecule has 22 heavy (non-hydrogen) atoms. The minimum atomic E-state index is -0.372. The Bertz CT molecular complexity index is 556. The van der Waals surface area contributed by atoms with Crippen LogP contribution in [-0.4, -0.2) is 17.0 Å². The third-order valence-corrected chi connectivity index (χ3v) is 7.06. The smallest absolute Gasteiger partial charge is 0.138 e. The van der Waals surface area contributed by atoms with Gasteiger partial charge in [0, 0.05) is 11.8 Å². The van der Waals surface area contributed by atoms with Crippen LogP contribution >= 0.6 is 0 Å². The van der Waals surface area contributed by atoms with Crippen molar-refractivity contribution in [2.45, 2.75) is 72.3 Å². The number of hydrogen-bond donors (Lipinski definition) is 1. The van der Waals surface area contributed by atoms with E-state index in [1.807, 2.05) is 6.08 Å². The molecule has 0 aromatic rings. The topological polar surface area (TPSA) is 37.3 Å². The average Bonchev–Trinajstić information content (AvgIpc) is 2.42. The second-order valence-electron chi connectivity index (χ2n) is 8.93. The number of carbonyl (C=O) groups excluding carboxylic acids is 1. The molecule has 3 aliphatic rings. The van der Waals surface area contributed by atoms with Crippen LogP contribution in [0, 0.1) is 22.2 Å². The largest absolute Gasteiger partial charge is 0.389 e. The zero-order valence-electron chi connectivity index (χ0n) is 14.5. The van der Waals surface area contributed by atoms with Crippen LogP contribution < -0.4 is 0 Å². The number of Topliss-reactive ketones (excluding diaryl/α,β-unsaturated/α-hetero) is 1. The summed E-state index contributed by atoms with van der Waals surface area (Å²) in [6, 6.07) is 0. The van der Waals surface area contributed by atoms with E-state index in [-0.39, 0.29) is 22.3 Å². The first-order valence-electron chi connectivity index (χ1n) is 8.71. The van der Waals surface area contributed by atoms with Crippen molar-refractivity contribution < 1.29 is 9.90 Å². The van der Waals surface area contributed by atoms with E-state index in [1.54, 1.807) is 0 Å². The summed E-state index contributed by atoms with van der Waals surface area (Å²) in [6.07, 6.45) is 7.11. The van der Waals surface area contributed by atoms with E-state index in [4.69, 9.17) is 0 Å². The summed E-state index contributed by atoms with van der Waals surface area (Å²) in [5, 5.41) is 10.9. The van der Waals surface area contributed by atoms with Crippen LogP contribution in [-0.2, 0) is 4.79 Å². The summed E-state index contributed by atoms with van der Waals surface area (Å²) >= 11 is 0. The molecule has 4 unspecified atom stereocenters. The number of carbonyl (C=O) groups is 1. The molecule has 0 aliphatic heterocycles. The quantitative estimate of drug-likeness (QED) is 0.727. The van der Waals surface area contributed by atoms with Crippen molar-refractivity contribution in [2.75, 3.05) is 0 Å². The first-order chi connectivity index (χ1) is 10.1. The lowest BCUT2D eigenvalue weighted by atomic mass is 9.47. The highest BCUT2D eigenvalue weighted by atomic mass is 16.3. The van der Waals surface area contributed by atoms with E-state index in [0.717, 1.165) is 32.1 Å². The Morgan fingerprint density at radius 1 is 1.23 bits per heavy atom. The Morgan fingerprint density at radius 3 is 2.55 bits per heavy atom. The Kier molecular flexibility index (Phi) is 3.49. The van der Waals surface area contributed by atoms with Crippen molar-refractivity contribution in [3.8, 4) is 0 Å². The zero-order chi connectivity index (χ0) is 16.3. The maximum absolute atomic E-state index is 12.4. The molecule has 3 aliphatic carbocycles. The number of ketones is 1. The van der Waals surface area contributed by atoms with Crippen LogP contribution in [0.3, 0.4) is 0 Å². The Balaban J connectivity index is 2.07. The highest BCUT2D eigenvalue weighted by molar-refractivity contribution is 5.85. The highest BCUT2D eigenvalue weighted by Gasteiger charge is 2.56. The van der Waals surface area contributed by atoms with Crippen LogP contribution in [0.15, 0.2) is 23.8 Å². The summed E-state index contributed by atoms with van der Waals surface area (Å²) < 4.78 is 0. The van der Waals surface area contributed by atoms with Gasteiger partial charge in [-0.15, -0.1) is 6.58 Å². The summed E-state index contributed by atoms with van der Waals surface area (Å²) in [5.74, 6) is 0.767. The molecule has 0 aromatic heterocycles. The minimum absolute atomic E-state index is 0.00703. The summed E-state index contributed by atoms with van der Waals surface area (Å²) in [6.45, 7) is 12.7. The molecule has 3 rings (SSSR count). The fraction of sp³-hybridized carbons (Fsp3) is 0.750. The Labute approximate surface area is 134 Å². The van der Waals surface area contributed by atoms with Crippen molar-refractivity contribution in [1.29, 1.82) is 0 Å². The van der Waals surface area contributed by atoms with Crippen molar-refractivity contribution in [1.82, 2.24) is 0 Å². The molecule has 2 nitrogen and oxygen atoms in total. The zero-order valence-corrected chi connectivity index (χ0v) is 14.5. The molecule has 0 saturated heterocycles. The number of hydrogen-bond acceptors (Lipinski definition) is 2. The predicted molar refractivity (Wildman–Crippen MR) is 89.4 cm³/mol. The molecule has 0 spiro atoms. The van der Waals surface area contributed by atoms with Gasteiger partial charge in [-0.25, -0.2) is 0 Å². The van der Waals surface area contributed by atoms with Gasteiger partial charge in [0.1, 0.15) is 5.78 Å². The van der Waals surface area contributed by atoms with Gasteiger partial charge < -0.3 is 5.11 Å². The third kappa shape index (κ3) is 2.06. The maximum Gasteiger partial charge on any atom is 0.138 e. The lowest BCUT2D eigenvalue weighted by molar-refractivity contribution is -0.140. The molecule has 4 atom stereocenters. The van der Waals surface area contributed by atoms with Crippen molar-refractivity contribution in [3.63, 3.8) is 0 Å². The molecule has 122 valence electrons. The third-order valence-electron chi connectivity index (χ3n) is 7.06. The molecule has 0 bridgehead atoms. The molecule has 2 heteroatoms. The van der Waals surface area contributed by atoms with E-state index >= 15 is 0 Å². The minimum Gasteiger partial charge on any atom is -0.389 e. The first kappa shape index (κ1) is 16.0. The maximum atomic E-state index is 12.4. The fourth-order valence-electron chi connectivity index (χ4n) is 5.78. The standard InChI is InChI=1S/C20H30O2/c1-6-19(4)11-13-7-8-15-18(2,3)16(22)9-10-20(15,5)17(13)14(21)12-19/h6,14-15,21H,1,7-12H2,2-5H3. The highest BCUT2D eigenvalue weighted by Crippen LogP contribution is 2.62. The predicted octanol–water partition coefficient (Wildman–Crippen LogP) is 4.44. The monoisotopic (exact) mass is 302 g/mol. The van der Waals surface area contributed by atoms with E-state index in [1.165, 1.54) is 11.1 Å². The van der Waals surface area contributed by atoms with Gasteiger partial charge in [-0.05, 0) is 54.4 Å². The molecule has 1 fully saturated rings. The second-order valence-corrected chi connectivity index (χ2v) is 8.93. The number of aliphatic hydroxyl groups excluding tert-OH is 1. The van der Waals surface area contributed by atoms with Crippen LogP contribution in [0.25, 0.3) is 0 Å². The molecule has 1 N–H and O–H groups in total. The summed E-state index contributed by atoms with van der Waals surface area (Å²) in [5.41, 5.74) is 2.48. The molecule has 0 aromatic carbocycles. The normalized spacial score (nSPS) is 44.3. The summed E-state index contributed by atoms with van der Waals surface area (Å²) in [4.78, 5) is 12.4. The van der Waals surface area contributed by atoms with Crippen LogP contribution in [0.2, 0.25) is 0 Å². The Morgan fingerprint density at radius 2 is 1.91 bits per heavy atom. The SMILES string of the molecule is C=CC1(C)CC2=C(C(O)C1)C1(C)CCC(=O)C(C)(C)C1CC2. The molecule has 1 saturated carbocycles. The van der Waals surface area contributed by atoms with Gasteiger partial charge in [-0.1, -0.05) is 39.3 Å². The van der Waals surface area contributed by atoms with Crippen LogP contribution in [0.5, 0.6) is 0 Å². The van der Waals surface area contributed by atoms with Crippen LogP contribution in [0.4, 0.5) is 0 Å². The van der Waals surface area contributed by atoms with Gasteiger partial charge in [-0.3, -0.25) is 4.79 Å². The average molecular weight is 302 g/mol. The van der Waals surface area contributed by atoms with E-state index in [2.05, 4.69) is 34.3 Å². The van der Waals surface area contributed by atoms with Crippen molar-refractivity contribution in [2.24, 2.45) is 22.2 Å². The molecule has 0 amide bonds. The second kappa shape index (κ2) is 4.80. The number of rotatable bonds is 1. The van der Waals surface area contributed by atoms with Gasteiger partial charge in [0.05, 0.1) is 6.10 Å². The molecular formula is C20H30O2. The molecule has 0 radical (unpaired) electrons. The van der Waals surface area contributed by atoms with Gasteiger partial charge in [0.2, 0.25) is 0 Å². The van der Waals surface area contributed by atoms with Crippen LogP contribution in [0.1, 0.15) is 66.2 Å². The van der Waals surface area contributed by atoms with Crippen molar-refractivity contribution in [3.05, 3.63) is 23.8 Å². The number of allylic oxidation sites excluding steroid dienone is 2.